The van der Waals surface area contributed by atoms with Crippen LogP contribution in [0.5, 0.6) is 0 Å². The van der Waals surface area contributed by atoms with Crippen molar-refractivity contribution in [2.24, 2.45) is 0 Å². The fourth-order valence-electron chi connectivity index (χ4n) is 4.03. The number of nitrogens with zero attached hydrogens (tertiary/aromatic N) is 4. The number of imidazole rings is 1. The lowest BCUT2D eigenvalue weighted by Gasteiger charge is -2.15. The molecule has 0 saturated carbocycles. The third-order valence-electron chi connectivity index (χ3n) is 5.47. The number of aromatic amines is 1. The third kappa shape index (κ3) is 3.01. The first-order chi connectivity index (χ1) is 14.5. The highest BCUT2D eigenvalue weighted by Gasteiger charge is 2.35. The van der Waals surface area contributed by atoms with Crippen LogP contribution in [0.3, 0.4) is 0 Å². The van der Waals surface area contributed by atoms with Crippen molar-refractivity contribution >= 4 is 22.6 Å². The maximum atomic E-state index is 12.5. The fraction of sp³-hybridized carbons (Fsp3) is 0.273. The average Bonchev–Trinajstić information content (AvgIpc) is 3.43. The van der Waals surface area contributed by atoms with Crippen LogP contribution in [-0.4, -0.2) is 32.1 Å². The van der Waals surface area contributed by atoms with Gasteiger partial charge in [-0.05, 0) is 44.2 Å². The smallest absolute Gasteiger partial charge is 0.326 e. The van der Waals surface area contributed by atoms with Gasteiger partial charge in [-0.1, -0.05) is 23.4 Å². The van der Waals surface area contributed by atoms with Gasteiger partial charge in [0.1, 0.15) is 0 Å². The Bertz CT molecular complexity index is 1290. The summed E-state index contributed by atoms with van der Waals surface area (Å²) in [7, 11) is 0. The molecule has 1 saturated heterocycles. The Morgan fingerprint density at radius 3 is 2.70 bits per heavy atom. The van der Waals surface area contributed by atoms with Gasteiger partial charge in [-0.25, -0.2) is 4.79 Å². The number of H-pyrrole nitrogens is 1. The topological polar surface area (TPSA) is 97.0 Å². The second-order valence-electron chi connectivity index (χ2n) is 7.82. The van der Waals surface area contributed by atoms with E-state index in [1.807, 2.05) is 62.4 Å². The molecule has 2 aromatic carbocycles. The minimum Gasteiger partial charge on any atom is -0.339 e. The number of benzene rings is 2. The van der Waals surface area contributed by atoms with E-state index >= 15 is 0 Å². The second-order valence-corrected chi connectivity index (χ2v) is 7.82. The minimum absolute atomic E-state index is 0.0416. The Morgan fingerprint density at radius 1 is 1.13 bits per heavy atom. The number of fused-ring (bicyclic) bond motifs is 1. The summed E-state index contributed by atoms with van der Waals surface area (Å²) in [6.45, 7) is 4.44. The van der Waals surface area contributed by atoms with Gasteiger partial charge < -0.3 is 14.4 Å². The largest absolute Gasteiger partial charge is 0.339 e. The Kier molecular flexibility index (Phi) is 4.27. The number of para-hydroxylation sites is 1. The predicted octanol–water partition coefficient (Wildman–Crippen LogP) is 3.48. The lowest BCUT2D eigenvalue weighted by molar-refractivity contribution is -0.117. The van der Waals surface area contributed by atoms with Gasteiger partial charge in [0.25, 0.3) is 0 Å². The molecule has 1 fully saturated rings. The molecule has 1 aliphatic rings. The van der Waals surface area contributed by atoms with Gasteiger partial charge in [0.2, 0.25) is 17.6 Å². The molecular formula is C22H21N5O3. The van der Waals surface area contributed by atoms with Gasteiger partial charge in [0.05, 0.1) is 17.0 Å². The molecule has 0 unspecified atom stereocenters. The van der Waals surface area contributed by atoms with Crippen molar-refractivity contribution < 1.29 is 9.32 Å². The number of hydrogen-bond donors (Lipinski definition) is 1. The van der Waals surface area contributed by atoms with E-state index in [0.29, 0.717) is 24.7 Å². The molecule has 4 aromatic rings. The number of nitrogens with one attached hydrogen (secondary N) is 1. The first-order valence-corrected chi connectivity index (χ1v) is 9.95. The lowest BCUT2D eigenvalue weighted by atomic mass is 10.1. The Hall–Kier alpha value is -3.68. The molecule has 2 aromatic heterocycles. The normalized spacial score (nSPS) is 16.8. The second kappa shape index (κ2) is 6.98. The Morgan fingerprint density at radius 2 is 1.93 bits per heavy atom. The van der Waals surface area contributed by atoms with Gasteiger partial charge in [0, 0.05) is 30.3 Å². The molecule has 1 N–H and O–H groups in total. The Balaban J connectivity index is 1.42. The maximum Gasteiger partial charge on any atom is 0.326 e. The minimum atomic E-state index is -0.149. The first kappa shape index (κ1) is 18.4. The van der Waals surface area contributed by atoms with Crippen LogP contribution in [0.15, 0.2) is 57.8 Å². The molecular weight excluding hydrogens is 382 g/mol. The van der Waals surface area contributed by atoms with Gasteiger partial charge in [-0.3, -0.25) is 9.36 Å². The standard InChI is InChI=1S/C22H21N5O3/c1-13(2)27-18-9-8-14(10-17(18)23-22(27)29)20-24-21(30-25-20)15-11-19(28)26(12-15)16-6-4-3-5-7-16/h3-10,13,15H,11-12H2,1-2H3,(H,23,29)/t15-/m0/s1. The van der Waals surface area contributed by atoms with Crippen molar-refractivity contribution in [3.63, 3.8) is 0 Å². The van der Waals surface area contributed by atoms with E-state index in [-0.39, 0.29) is 23.6 Å². The molecule has 0 aliphatic carbocycles. The molecule has 3 heterocycles. The fourth-order valence-corrected chi connectivity index (χ4v) is 4.03. The number of rotatable bonds is 4. The number of amides is 1. The van der Waals surface area contributed by atoms with Crippen molar-refractivity contribution in [2.45, 2.75) is 32.2 Å². The number of aromatic nitrogens is 4. The van der Waals surface area contributed by atoms with Crippen LogP contribution < -0.4 is 10.6 Å². The molecule has 0 bridgehead atoms. The monoisotopic (exact) mass is 403 g/mol. The quantitative estimate of drug-likeness (QED) is 0.563. The van der Waals surface area contributed by atoms with Gasteiger partial charge >= 0.3 is 5.69 Å². The number of anilines is 1. The van der Waals surface area contributed by atoms with Crippen LogP contribution in [0.4, 0.5) is 5.69 Å². The predicted molar refractivity (Wildman–Crippen MR) is 112 cm³/mol. The molecule has 1 atom stereocenters. The SMILES string of the molecule is CC(C)n1c(=O)[nH]c2cc(-c3noc([C@H]4CC(=O)N(c5ccccc5)C4)n3)ccc21. The van der Waals surface area contributed by atoms with Crippen molar-refractivity contribution in [2.75, 3.05) is 11.4 Å². The molecule has 8 nitrogen and oxygen atoms in total. The number of carbonyl (C=O) groups excluding carboxylic acids is 1. The van der Waals surface area contributed by atoms with E-state index < -0.39 is 0 Å². The zero-order valence-electron chi connectivity index (χ0n) is 16.7. The summed E-state index contributed by atoms with van der Waals surface area (Å²) < 4.78 is 7.21. The number of carbonyl (C=O) groups is 1. The van der Waals surface area contributed by atoms with Gasteiger partial charge in [-0.2, -0.15) is 4.98 Å². The molecule has 0 spiro atoms. The van der Waals surface area contributed by atoms with Crippen LogP contribution in [0.2, 0.25) is 0 Å². The van der Waals surface area contributed by atoms with E-state index in [9.17, 15) is 9.59 Å². The zero-order chi connectivity index (χ0) is 20.8. The van der Waals surface area contributed by atoms with Crippen LogP contribution in [-0.2, 0) is 4.79 Å². The first-order valence-electron chi connectivity index (χ1n) is 9.95. The summed E-state index contributed by atoms with van der Waals surface area (Å²) in [6.07, 6.45) is 0.333. The van der Waals surface area contributed by atoms with Crippen LogP contribution in [0.1, 0.15) is 38.1 Å². The zero-order valence-corrected chi connectivity index (χ0v) is 16.7. The van der Waals surface area contributed by atoms with Gasteiger partial charge in [0.15, 0.2) is 0 Å². The van der Waals surface area contributed by atoms with Crippen molar-refractivity contribution in [1.82, 2.24) is 19.7 Å². The summed E-state index contributed by atoms with van der Waals surface area (Å²) in [5.74, 6) is 0.783. The summed E-state index contributed by atoms with van der Waals surface area (Å²) in [4.78, 5) is 33.8. The lowest BCUT2D eigenvalue weighted by Crippen LogP contribution is -2.24. The van der Waals surface area contributed by atoms with E-state index in [1.165, 1.54) is 0 Å². The highest BCUT2D eigenvalue weighted by molar-refractivity contribution is 5.96. The van der Waals surface area contributed by atoms with E-state index in [4.69, 9.17) is 4.52 Å². The third-order valence-corrected chi connectivity index (χ3v) is 5.47. The molecule has 5 rings (SSSR count). The molecule has 1 amide bonds. The average molecular weight is 403 g/mol. The molecule has 1 aliphatic heterocycles. The van der Waals surface area contributed by atoms with Crippen molar-refractivity contribution in [1.29, 1.82) is 0 Å². The summed E-state index contributed by atoms with van der Waals surface area (Å²) in [5, 5.41) is 4.11. The van der Waals surface area contributed by atoms with Crippen molar-refractivity contribution in [3.8, 4) is 11.4 Å². The van der Waals surface area contributed by atoms with Gasteiger partial charge in [-0.15, -0.1) is 0 Å². The number of hydrogen-bond acceptors (Lipinski definition) is 5. The molecule has 0 radical (unpaired) electrons. The highest BCUT2D eigenvalue weighted by Crippen LogP contribution is 2.32. The summed E-state index contributed by atoms with van der Waals surface area (Å²) in [6, 6.07) is 15.2. The van der Waals surface area contributed by atoms with E-state index in [1.54, 1.807) is 9.47 Å². The van der Waals surface area contributed by atoms with Crippen molar-refractivity contribution in [3.05, 3.63) is 64.9 Å². The highest BCUT2D eigenvalue weighted by atomic mass is 16.5. The van der Waals surface area contributed by atoms with E-state index in [2.05, 4.69) is 15.1 Å². The molecule has 30 heavy (non-hydrogen) atoms. The maximum absolute atomic E-state index is 12.5. The van der Waals surface area contributed by atoms with Crippen LogP contribution in [0, 0.1) is 0 Å². The van der Waals surface area contributed by atoms with Crippen LogP contribution in [0.25, 0.3) is 22.4 Å². The molecule has 152 valence electrons. The molecule has 8 heteroatoms. The van der Waals surface area contributed by atoms with E-state index in [0.717, 1.165) is 22.3 Å². The Labute approximate surface area is 172 Å². The van der Waals surface area contributed by atoms with Crippen LogP contribution >= 0.6 is 0 Å². The summed E-state index contributed by atoms with van der Waals surface area (Å²) >= 11 is 0. The summed E-state index contributed by atoms with van der Waals surface area (Å²) in [5.41, 5.74) is 3.04.